The van der Waals surface area contributed by atoms with Crippen LogP contribution < -0.4 is 21.7 Å². The topological polar surface area (TPSA) is 151 Å². The van der Waals surface area contributed by atoms with E-state index in [0.29, 0.717) is 18.9 Å². The number of carbonyl (C=O) groups is 5. The first-order valence-electron chi connectivity index (χ1n) is 17.8. The number of nitrogens with two attached hydrogens (primary N) is 1. The highest BCUT2D eigenvalue weighted by Crippen LogP contribution is 2.65. The molecule has 2 unspecified atom stereocenters. The van der Waals surface area contributed by atoms with E-state index in [4.69, 9.17) is 5.73 Å². The van der Waals surface area contributed by atoms with Gasteiger partial charge in [0.2, 0.25) is 17.6 Å². The van der Waals surface area contributed by atoms with Gasteiger partial charge in [-0.15, -0.1) is 0 Å². The van der Waals surface area contributed by atoms with Crippen molar-refractivity contribution in [2.75, 3.05) is 6.54 Å². The smallest absolute Gasteiger partial charge is 0.315 e. The van der Waals surface area contributed by atoms with Crippen LogP contribution in [0.4, 0.5) is 4.79 Å². The van der Waals surface area contributed by atoms with Gasteiger partial charge in [-0.2, -0.15) is 0 Å². The molecule has 1 saturated heterocycles. The van der Waals surface area contributed by atoms with Crippen LogP contribution in [0.2, 0.25) is 0 Å². The number of nitrogens with zero attached hydrogens (tertiary/aromatic N) is 1. The third kappa shape index (κ3) is 8.43. The minimum atomic E-state index is -1.06. The van der Waals surface area contributed by atoms with E-state index in [1.807, 2.05) is 20.8 Å². The van der Waals surface area contributed by atoms with E-state index in [2.05, 4.69) is 50.6 Å². The summed E-state index contributed by atoms with van der Waals surface area (Å²) in [5.74, 6) is -1.86. The Hall–Kier alpha value is -2.65. The number of hydrogen-bond acceptors (Lipinski definition) is 5. The molecule has 5 N–H and O–H groups in total. The van der Waals surface area contributed by atoms with Crippen LogP contribution in [0.3, 0.4) is 0 Å². The lowest BCUT2D eigenvalue weighted by Gasteiger charge is -2.39. The summed E-state index contributed by atoms with van der Waals surface area (Å²) in [6.07, 6.45) is 11.0. The number of Topliss-reactive ketones (excluding diaryl/α,β-unsaturated/α-hetero) is 1. The van der Waals surface area contributed by atoms with Crippen molar-refractivity contribution in [2.24, 2.45) is 45.7 Å². The van der Waals surface area contributed by atoms with Crippen molar-refractivity contribution in [2.45, 2.75) is 150 Å². The standard InChI is InChI=1S/C36H61N5O5/c1-34(2,3)18-17-24(22-15-10-9-11-16-22)39-33(46)40-29(35(4,5)6)32(45)41-20-23-26(36(23,7)8)27(41)31(44)38-25(28(42)30(37)43)19-21-13-12-14-21/h21-27,29H,9-20H2,1-8H3,(H2,37,43)(H,38,44)(H2,39,40,46)/t23?,24-,25?,26+,27+,29-/m1/s1. The van der Waals surface area contributed by atoms with Crippen molar-refractivity contribution in [3.8, 4) is 0 Å². The van der Waals surface area contributed by atoms with Crippen molar-refractivity contribution in [3.05, 3.63) is 0 Å². The molecule has 6 atom stereocenters. The Bertz CT molecular complexity index is 1160. The summed E-state index contributed by atoms with van der Waals surface area (Å²) < 4.78 is 0. The summed E-state index contributed by atoms with van der Waals surface area (Å²) >= 11 is 0. The quantitative estimate of drug-likeness (QED) is 0.228. The van der Waals surface area contributed by atoms with Crippen LogP contribution in [0.1, 0.15) is 126 Å². The van der Waals surface area contributed by atoms with Crippen molar-refractivity contribution in [1.29, 1.82) is 0 Å². The maximum absolute atomic E-state index is 14.4. The maximum Gasteiger partial charge on any atom is 0.315 e. The van der Waals surface area contributed by atoms with Crippen molar-refractivity contribution in [1.82, 2.24) is 20.9 Å². The van der Waals surface area contributed by atoms with E-state index in [-0.39, 0.29) is 46.6 Å². The highest BCUT2D eigenvalue weighted by atomic mass is 16.2. The average molecular weight is 644 g/mol. The van der Waals surface area contributed by atoms with Crippen LogP contribution in [-0.4, -0.2) is 65.1 Å². The largest absolute Gasteiger partial charge is 0.363 e. The highest BCUT2D eigenvalue weighted by Gasteiger charge is 2.70. The summed E-state index contributed by atoms with van der Waals surface area (Å²) in [7, 11) is 0. The monoisotopic (exact) mass is 643 g/mol. The number of hydrogen-bond donors (Lipinski definition) is 4. The molecule has 260 valence electrons. The van der Waals surface area contributed by atoms with Gasteiger partial charge in [0.1, 0.15) is 12.1 Å². The lowest BCUT2D eigenvalue weighted by molar-refractivity contribution is -0.145. The molecule has 10 heteroatoms. The Kier molecular flexibility index (Phi) is 10.9. The molecule has 0 aromatic heterocycles. The number of rotatable bonds is 12. The van der Waals surface area contributed by atoms with E-state index >= 15 is 0 Å². The lowest BCUT2D eigenvalue weighted by Crippen LogP contribution is -2.62. The fourth-order valence-electron chi connectivity index (χ4n) is 8.24. The fraction of sp³-hybridized carbons (Fsp3) is 0.861. The number of amides is 5. The third-order valence-electron chi connectivity index (χ3n) is 11.6. The predicted octanol–water partition coefficient (Wildman–Crippen LogP) is 4.69. The number of fused-ring (bicyclic) bond motifs is 1. The Labute approximate surface area is 276 Å². The SMILES string of the molecule is CC(C)(C)CC[C@@H](NC(=O)N[C@H](C(=O)N1CC2[C@@H]([C@H]1C(=O)NC(CC1CCC1)C(=O)C(N)=O)C2(C)C)C(C)(C)C)C1CCCCC1. The minimum absolute atomic E-state index is 0.0318. The number of carbonyl (C=O) groups excluding carboxylic acids is 5. The maximum atomic E-state index is 14.4. The van der Waals surface area contributed by atoms with Crippen LogP contribution in [0.25, 0.3) is 0 Å². The van der Waals surface area contributed by atoms with E-state index in [9.17, 15) is 24.0 Å². The number of nitrogens with one attached hydrogen (secondary N) is 3. The van der Waals surface area contributed by atoms with Gasteiger partial charge in [-0.3, -0.25) is 19.2 Å². The van der Waals surface area contributed by atoms with Gasteiger partial charge in [-0.1, -0.05) is 93.9 Å². The average Bonchev–Trinajstić information content (AvgIpc) is 3.26. The van der Waals surface area contributed by atoms with Gasteiger partial charge in [-0.05, 0) is 72.0 Å². The summed E-state index contributed by atoms with van der Waals surface area (Å²) in [6.45, 7) is 17.0. The molecule has 4 rings (SSSR count). The molecule has 4 fully saturated rings. The Balaban J connectivity index is 1.51. The van der Waals surface area contributed by atoms with E-state index in [1.54, 1.807) is 4.90 Å². The zero-order valence-corrected chi connectivity index (χ0v) is 29.7. The van der Waals surface area contributed by atoms with Crippen molar-refractivity contribution >= 4 is 29.5 Å². The number of urea groups is 1. The first-order valence-corrected chi connectivity index (χ1v) is 17.8. The molecule has 1 aliphatic heterocycles. The van der Waals surface area contributed by atoms with E-state index in [1.165, 1.54) is 19.3 Å². The summed E-state index contributed by atoms with van der Waals surface area (Å²) in [5.41, 5.74) is 4.74. The van der Waals surface area contributed by atoms with Crippen molar-refractivity contribution < 1.29 is 24.0 Å². The summed E-state index contributed by atoms with van der Waals surface area (Å²) in [4.78, 5) is 68.2. The van der Waals surface area contributed by atoms with Gasteiger partial charge in [-0.25, -0.2) is 4.79 Å². The second-order valence-electron chi connectivity index (χ2n) is 17.7. The van der Waals surface area contributed by atoms with Gasteiger partial charge in [0, 0.05) is 12.6 Å². The molecule has 0 spiro atoms. The van der Waals surface area contributed by atoms with Crippen LogP contribution in [0.15, 0.2) is 0 Å². The van der Waals surface area contributed by atoms with Gasteiger partial charge in [0.25, 0.3) is 5.91 Å². The van der Waals surface area contributed by atoms with E-state index < -0.39 is 41.1 Å². The summed E-state index contributed by atoms with van der Waals surface area (Å²) in [6, 6.07) is -2.98. The molecular formula is C36H61N5O5. The normalized spacial score (nSPS) is 26.6. The van der Waals surface area contributed by atoms with Gasteiger partial charge >= 0.3 is 6.03 Å². The Morgan fingerprint density at radius 2 is 1.50 bits per heavy atom. The molecular weight excluding hydrogens is 582 g/mol. The van der Waals surface area contributed by atoms with E-state index in [0.717, 1.165) is 44.9 Å². The molecule has 3 aliphatic carbocycles. The van der Waals surface area contributed by atoms with Crippen LogP contribution >= 0.6 is 0 Å². The van der Waals surface area contributed by atoms with Crippen LogP contribution in [-0.2, 0) is 19.2 Å². The van der Waals surface area contributed by atoms with Crippen molar-refractivity contribution in [3.63, 3.8) is 0 Å². The zero-order chi connectivity index (χ0) is 34.2. The first-order chi connectivity index (χ1) is 21.3. The molecule has 0 aromatic carbocycles. The molecule has 46 heavy (non-hydrogen) atoms. The molecule has 10 nitrogen and oxygen atoms in total. The highest BCUT2D eigenvalue weighted by molar-refractivity contribution is 6.37. The molecule has 3 saturated carbocycles. The molecule has 0 radical (unpaired) electrons. The van der Waals surface area contributed by atoms with Crippen LogP contribution in [0.5, 0.6) is 0 Å². The molecule has 4 aliphatic rings. The Morgan fingerprint density at radius 3 is 2.02 bits per heavy atom. The van der Waals surface area contributed by atoms with Gasteiger partial charge in [0.05, 0.1) is 6.04 Å². The zero-order valence-electron chi connectivity index (χ0n) is 29.7. The molecule has 0 aromatic rings. The summed E-state index contributed by atoms with van der Waals surface area (Å²) in [5, 5.41) is 9.15. The molecule has 1 heterocycles. The Morgan fingerprint density at radius 1 is 0.870 bits per heavy atom. The predicted molar refractivity (Wildman–Crippen MR) is 178 cm³/mol. The number of likely N-dealkylation sites (tertiary alicyclic amines) is 1. The fourth-order valence-corrected chi connectivity index (χ4v) is 8.24. The third-order valence-corrected chi connectivity index (χ3v) is 11.6. The second kappa shape index (κ2) is 13.8. The number of ketones is 1. The lowest BCUT2D eigenvalue weighted by atomic mass is 9.79. The number of piperidine rings is 1. The minimum Gasteiger partial charge on any atom is -0.363 e. The van der Waals surface area contributed by atoms with Gasteiger partial charge < -0.3 is 26.6 Å². The number of primary amides is 1. The first kappa shape index (κ1) is 36.2. The molecule has 5 amide bonds. The second-order valence-corrected chi connectivity index (χ2v) is 17.7. The van der Waals surface area contributed by atoms with Crippen LogP contribution in [0, 0.1) is 39.9 Å². The molecule has 0 bridgehead atoms. The van der Waals surface area contributed by atoms with Gasteiger partial charge in [0.15, 0.2) is 0 Å².